The zero-order valence-electron chi connectivity index (χ0n) is 13.8. The van der Waals surface area contributed by atoms with Crippen molar-refractivity contribution < 1.29 is 17.9 Å². The Balaban J connectivity index is 1.88. The SMILES string of the molecule is [C-]#[N+]c1cccc(-c2cc(Oc3ccc(C(F)(F)F)cc3)nn2CC)c1. The van der Waals surface area contributed by atoms with Gasteiger partial charge in [-0.3, -0.25) is 4.68 Å². The molecule has 0 fully saturated rings. The van der Waals surface area contributed by atoms with E-state index in [9.17, 15) is 13.2 Å². The van der Waals surface area contributed by atoms with Crippen LogP contribution >= 0.6 is 0 Å². The first kappa shape index (κ1) is 17.5. The Kier molecular flexibility index (Phi) is 4.67. The van der Waals surface area contributed by atoms with Crippen LogP contribution in [0.5, 0.6) is 11.6 Å². The molecule has 0 bridgehead atoms. The predicted octanol–water partition coefficient (Wildman–Crippen LogP) is 5.93. The fourth-order valence-corrected chi connectivity index (χ4v) is 2.48. The Morgan fingerprint density at radius 2 is 1.85 bits per heavy atom. The topological polar surface area (TPSA) is 31.4 Å². The summed E-state index contributed by atoms with van der Waals surface area (Å²) >= 11 is 0. The number of halogens is 3. The first-order chi connectivity index (χ1) is 12.4. The molecule has 1 heterocycles. The van der Waals surface area contributed by atoms with Crippen LogP contribution in [0.4, 0.5) is 18.9 Å². The van der Waals surface area contributed by atoms with Crippen LogP contribution in [0.25, 0.3) is 16.1 Å². The molecule has 0 aliphatic heterocycles. The van der Waals surface area contributed by atoms with E-state index < -0.39 is 11.7 Å². The number of nitrogens with zero attached hydrogens (tertiary/aromatic N) is 3. The number of alkyl halides is 3. The van der Waals surface area contributed by atoms with Gasteiger partial charge in [0, 0.05) is 12.6 Å². The molecule has 1 aromatic heterocycles. The molecule has 0 aliphatic carbocycles. The number of rotatable bonds is 4. The molecule has 132 valence electrons. The van der Waals surface area contributed by atoms with E-state index in [0.717, 1.165) is 23.4 Å². The molecule has 0 amide bonds. The van der Waals surface area contributed by atoms with Crippen LogP contribution in [0.1, 0.15) is 12.5 Å². The highest BCUT2D eigenvalue weighted by Gasteiger charge is 2.30. The normalized spacial score (nSPS) is 11.2. The summed E-state index contributed by atoms with van der Waals surface area (Å²) in [6, 6.07) is 13.2. The first-order valence-corrected chi connectivity index (χ1v) is 7.81. The maximum Gasteiger partial charge on any atom is 0.416 e. The van der Waals surface area contributed by atoms with Crippen molar-refractivity contribution in [3.63, 3.8) is 0 Å². The van der Waals surface area contributed by atoms with Crippen molar-refractivity contribution >= 4 is 5.69 Å². The van der Waals surface area contributed by atoms with Gasteiger partial charge in [0.1, 0.15) is 5.75 Å². The molecule has 0 unspecified atom stereocenters. The molecule has 0 radical (unpaired) electrons. The molecular weight excluding hydrogens is 343 g/mol. The quantitative estimate of drug-likeness (QED) is 0.542. The monoisotopic (exact) mass is 357 g/mol. The van der Waals surface area contributed by atoms with E-state index >= 15 is 0 Å². The molecule has 3 rings (SSSR count). The fraction of sp³-hybridized carbons (Fsp3) is 0.158. The van der Waals surface area contributed by atoms with Gasteiger partial charge < -0.3 is 4.74 Å². The van der Waals surface area contributed by atoms with Crippen molar-refractivity contribution in [3.05, 3.63) is 71.6 Å². The standard InChI is InChI=1S/C19H14F3N3O/c1-3-25-17(13-5-4-6-15(11-13)23-2)12-18(24-25)26-16-9-7-14(8-10-16)19(20,21)22/h4-12H,3H2,1H3. The van der Waals surface area contributed by atoms with Crippen LogP contribution in [-0.4, -0.2) is 9.78 Å². The molecule has 2 aromatic carbocycles. The zero-order chi connectivity index (χ0) is 18.7. The third-order valence-corrected chi connectivity index (χ3v) is 3.73. The second-order valence-electron chi connectivity index (χ2n) is 5.47. The summed E-state index contributed by atoms with van der Waals surface area (Å²) < 4.78 is 45.2. The Hall–Kier alpha value is -3.27. The van der Waals surface area contributed by atoms with E-state index in [2.05, 4.69) is 9.94 Å². The maximum atomic E-state index is 12.6. The molecule has 0 N–H and O–H groups in total. The van der Waals surface area contributed by atoms with E-state index in [1.54, 1.807) is 28.9 Å². The second-order valence-corrected chi connectivity index (χ2v) is 5.47. The Bertz CT molecular complexity index is 953. The van der Waals surface area contributed by atoms with Gasteiger partial charge in [-0.15, -0.1) is 5.10 Å². The molecule has 4 nitrogen and oxygen atoms in total. The molecule has 0 saturated carbocycles. The lowest BCUT2D eigenvalue weighted by atomic mass is 10.1. The average molecular weight is 357 g/mol. The lowest BCUT2D eigenvalue weighted by Gasteiger charge is -2.07. The van der Waals surface area contributed by atoms with Gasteiger partial charge in [0.05, 0.1) is 17.8 Å². The summed E-state index contributed by atoms with van der Waals surface area (Å²) in [7, 11) is 0. The van der Waals surface area contributed by atoms with Crippen LogP contribution in [0.15, 0.2) is 54.6 Å². The fourth-order valence-electron chi connectivity index (χ4n) is 2.48. The van der Waals surface area contributed by atoms with Gasteiger partial charge in [-0.2, -0.15) is 13.2 Å². The summed E-state index contributed by atoms with van der Waals surface area (Å²) in [6.07, 6.45) is -4.39. The van der Waals surface area contributed by atoms with Crippen LogP contribution in [0, 0.1) is 6.57 Å². The lowest BCUT2D eigenvalue weighted by molar-refractivity contribution is -0.137. The molecule has 0 aliphatic rings. The maximum absolute atomic E-state index is 12.6. The number of benzene rings is 2. The van der Waals surface area contributed by atoms with Crippen LogP contribution < -0.4 is 4.74 Å². The second kappa shape index (κ2) is 6.92. The van der Waals surface area contributed by atoms with Crippen LogP contribution in [-0.2, 0) is 12.7 Å². The highest BCUT2D eigenvalue weighted by atomic mass is 19.4. The smallest absolute Gasteiger partial charge is 0.416 e. The van der Waals surface area contributed by atoms with Crippen LogP contribution in [0.3, 0.4) is 0 Å². The third-order valence-electron chi connectivity index (χ3n) is 3.73. The number of hydrogen-bond acceptors (Lipinski definition) is 2. The van der Waals surface area contributed by atoms with Crippen LogP contribution in [0.2, 0.25) is 0 Å². The lowest BCUT2D eigenvalue weighted by Crippen LogP contribution is -2.04. The Morgan fingerprint density at radius 3 is 2.46 bits per heavy atom. The van der Waals surface area contributed by atoms with Gasteiger partial charge in [0.25, 0.3) is 0 Å². The molecular formula is C19H14F3N3O. The van der Waals surface area contributed by atoms with Gasteiger partial charge >= 0.3 is 6.18 Å². The highest BCUT2D eigenvalue weighted by molar-refractivity contribution is 5.66. The van der Waals surface area contributed by atoms with Crippen molar-refractivity contribution in [3.8, 4) is 22.9 Å². The summed E-state index contributed by atoms with van der Waals surface area (Å²) in [6.45, 7) is 9.61. The Morgan fingerprint density at radius 1 is 1.12 bits per heavy atom. The van der Waals surface area contributed by atoms with Crippen molar-refractivity contribution in [2.24, 2.45) is 0 Å². The minimum absolute atomic E-state index is 0.264. The van der Waals surface area contributed by atoms with Gasteiger partial charge in [-0.25, -0.2) is 4.85 Å². The molecule has 7 heteroatoms. The summed E-state index contributed by atoms with van der Waals surface area (Å²) in [5, 5.41) is 4.32. The van der Waals surface area contributed by atoms with Gasteiger partial charge in [-0.1, -0.05) is 18.2 Å². The molecule has 0 atom stereocenters. The third kappa shape index (κ3) is 3.70. The van der Waals surface area contributed by atoms with Crippen molar-refractivity contribution in [1.82, 2.24) is 9.78 Å². The van der Waals surface area contributed by atoms with Gasteiger partial charge in [0.2, 0.25) is 5.88 Å². The van der Waals surface area contributed by atoms with E-state index in [-0.39, 0.29) is 11.6 Å². The van der Waals surface area contributed by atoms with E-state index in [4.69, 9.17) is 11.3 Å². The molecule has 3 aromatic rings. The van der Waals surface area contributed by atoms with Crippen molar-refractivity contribution in [2.45, 2.75) is 19.6 Å². The summed E-state index contributed by atoms with van der Waals surface area (Å²) in [5.74, 6) is 0.537. The number of aryl methyl sites for hydroxylation is 1. The predicted molar refractivity (Wildman–Crippen MR) is 91.1 cm³/mol. The summed E-state index contributed by atoms with van der Waals surface area (Å²) in [5.41, 5.74) is 1.35. The van der Waals surface area contributed by atoms with E-state index in [1.165, 1.54) is 12.1 Å². The minimum Gasteiger partial charge on any atom is -0.438 e. The van der Waals surface area contributed by atoms with E-state index in [1.807, 2.05) is 13.0 Å². The molecule has 26 heavy (non-hydrogen) atoms. The number of aromatic nitrogens is 2. The first-order valence-electron chi connectivity index (χ1n) is 7.81. The molecule has 0 spiro atoms. The largest absolute Gasteiger partial charge is 0.438 e. The zero-order valence-corrected chi connectivity index (χ0v) is 13.8. The van der Waals surface area contributed by atoms with E-state index in [0.29, 0.717) is 12.2 Å². The van der Waals surface area contributed by atoms with Gasteiger partial charge in [-0.05, 0) is 42.8 Å². The number of ether oxygens (including phenoxy) is 1. The average Bonchev–Trinajstić information content (AvgIpc) is 3.04. The minimum atomic E-state index is -4.39. The number of hydrogen-bond donors (Lipinski definition) is 0. The molecule has 0 saturated heterocycles. The highest BCUT2D eigenvalue weighted by Crippen LogP contribution is 2.32. The van der Waals surface area contributed by atoms with Gasteiger partial charge in [0.15, 0.2) is 5.69 Å². The summed E-state index contributed by atoms with van der Waals surface area (Å²) in [4.78, 5) is 3.41. The van der Waals surface area contributed by atoms with Crippen molar-refractivity contribution in [1.29, 1.82) is 0 Å². The Labute approximate surface area is 148 Å². The van der Waals surface area contributed by atoms with Crippen molar-refractivity contribution in [2.75, 3.05) is 0 Å².